The normalized spacial score (nSPS) is 12.6. The number of rotatable bonds is 8. The molecule has 7 nitrogen and oxygen atoms in total. The van der Waals surface area contributed by atoms with Crippen LogP contribution < -0.4 is 14.4 Å². The van der Waals surface area contributed by atoms with Crippen molar-refractivity contribution in [1.29, 1.82) is 0 Å². The Morgan fingerprint density at radius 3 is 2.00 bits per heavy atom. The third-order valence-electron chi connectivity index (χ3n) is 6.08. The Balaban J connectivity index is 1.67. The molecule has 0 radical (unpaired) electrons. The number of carbonyl (C=O) groups is 3. The third-order valence-corrected chi connectivity index (χ3v) is 6.38. The monoisotopic (exact) mass is 515 g/mol. The maximum absolute atomic E-state index is 13.9. The Kier molecular flexibility index (Phi) is 6.54. The van der Waals surface area contributed by atoms with Crippen molar-refractivity contribution in [3.05, 3.63) is 100 Å². The van der Waals surface area contributed by atoms with E-state index in [9.17, 15) is 14.4 Å². The second kappa shape index (κ2) is 9.95. The average Bonchev–Trinajstić information content (AvgIpc) is 3.14. The third kappa shape index (κ3) is 4.38. The Bertz CT molecular complexity index is 1550. The van der Waals surface area contributed by atoms with Crippen molar-refractivity contribution in [2.24, 2.45) is 0 Å². The smallest absolute Gasteiger partial charge is 0.307 e. The zero-order valence-corrected chi connectivity index (χ0v) is 20.6. The van der Waals surface area contributed by atoms with Gasteiger partial charge in [-0.15, -0.1) is 0 Å². The molecule has 1 heterocycles. The van der Waals surface area contributed by atoms with Crippen LogP contribution in [0.3, 0.4) is 0 Å². The number of halogens is 1. The highest BCUT2D eigenvalue weighted by Gasteiger charge is 2.44. The number of hydrogen-bond acceptors (Lipinski definition) is 5. The Hall–Kier alpha value is -4.36. The lowest BCUT2D eigenvalue weighted by atomic mass is 9.99. The van der Waals surface area contributed by atoms with E-state index in [0.717, 1.165) is 10.5 Å². The van der Waals surface area contributed by atoms with Crippen LogP contribution in [0.1, 0.15) is 38.8 Å². The summed E-state index contributed by atoms with van der Waals surface area (Å²) in [6.07, 6.45) is -0.237. The van der Waals surface area contributed by atoms with Gasteiger partial charge in [-0.3, -0.25) is 14.4 Å². The van der Waals surface area contributed by atoms with Gasteiger partial charge in [0.25, 0.3) is 11.8 Å². The van der Waals surface area contributed by atoms with E-state index in [1.54, 1.807) is 6.92 Å². The highest BCUT2D eigenvalue weighted by Crippen LogP contribution is 2.47. The Labute approximate surface area is 217 Å². The molecule has 8 heteroatoms. The molecule has 5 rings (SSSR count). The van der Waals surface area contributed by atoms with Crippen molar-refractivity contribution in [2.75, 3.05) is 11.5 Å². The standard InChI is InChI=1S/C29H22ClNO6/c1-2-36-26-19-10-6-7-11-20(19)27(37-16-17-8-4-3-5-9-17)25-24(26)28(34)31(29(25)35)22-13-12-18(14-21(22)30)15-23(32)33/h3-14H,2,15-16H2,1H3,(H,32,33). The number of anilines is 1. The number of fused-ring (bicyclic) bond motifs is 2. The summed E-state index contributed by atoms with van der Waals surface area (Å²) in [7, 11) is 0. The van der Waals surface area contributed by atoms with Gasteiger partial charge in [0.2, 0.25) is 0 Å². The van der Waals surface area contributed by atoms with Gasteiger partial charge in [-0.2, -0.15) is 0 Å². The molecule has 186 valence electrons. The molecule has 37 heavy (non-hydrogen) atoms. The predicted octanol–water partition coefficient (Wildman–Crippen LogP) is 5.90. The molecule has 0 fully saturated rings. The van der Waals surface area contributed by atoms with Crippen molar-refractivity contribution in [2.45, 2.75) is 20.0 Å². The molecular weight excluding hydrogens is 494 g/mol. The van der Waals surface area contributed by atoms with Crippen LogP contribution in [0.15, 0.2) is 72.8 Å². The van der Waals surface area contributed by atoms with E-state index in [0.29, 0.717) is 22.1 Å². The quantitative estimate of drug-likeness (QED) is 0.294. The highest BCUT2D eigenvalue weighted by atomic mass is 35.5. The molecule has 0 unspecified atom stereocenters. The number of benzene rings is 4. The van der Waals surface area contributed by atoms with Crippen LogP contribution >= 0.6 is 11.6 Å². The maximum Gasteiger partial charge on any atom is 0.307 e. The number of amides is 2. The molecule has 2 amide bonds. The minimum absolute atomic E-state index is 0.0857. The molecule has 1 aliphatic rings. The molecule has 0 saturated carbocycles. The second-order valence-corrected chi connectivity index (χ2v) is 8.87. The largest absolute Gasteiger partial charge is 0.492 e. The number of carboxylic acid groups (broad SMARTS) is 1. The molecule has 0 bridgehead atoms. The average molecular weight is 516 g/mol. The van der Waals surface area contributed by atoms with E-state index < -0.39 is 17.8 Å². The molecular formula is C29H22ClNO6. The van der Waals surface area contributed by atoms with Gasteiger partial charge in [-0.25, -0.2) is 4.90 Å². The van der Waals surface area contributed by atoms with Gasteiger partial charge in [-0.1, -0.05) is 72.3 Å². The fourth-order valence-corrected chi connectivity index (χ4v) is 4.80. The first kappa shape index (κ1) is 24.3. The molecule has 1 N–H and O–H groups in total. The summed E-state index contributed by atoms with van der Waals surface area (Å²) in [5.41, 5.74) is 1.72. The van der Waals surface area contributed by atoms with Crippen molar-refractivity contribution in [3.8, 4) is 11.5 Å². The fraction of sp³-hybridized carbons (Fsp3) is 0.138. The van der Waals surface area contributed by atoms with Gasteiger partial charge in [-0.05, 0) is 30.2 Å². The van der Waals surface area contributed by atoms with Crippen LogP contribution in [0, 0.1) is 0 Å². The van der Waals surface area contributed by atoms with Crippen molar-refractivity contribution in [3.63, 3.8) is 0 Å². The number of hydrogen-bond donors (Lipinski definition) is 1. The molecule has 0 atom stereocenters. The first-order valence-corrected chi connectivity index (χ1v) is 12.1. The lowest BCUT2D eigenvalue weighted by Crippen LogP contribution is -2.29. The SMILES string of the molecule is CCOc1c2c(c(OCc3ccccc3)c3ccccc13)C(=O)N(c1ccc(CC(=O)O)cc1Cl)C2=O. The maximum atomic E-state index is 13.9. The van der Waals surface area contributed by atoms with E-state index in [4.69, 9.17) is 26.2 Å². The van der Waals surface area contributed by atoms with Crippen molar-refractivity contribution in [1.82, 2.24) is 0 Å². The van der Waals surface area contributed by atoms with Crippen LogP contribution in [0.25, 0.3) is 10.8 Å². The van der Waals surface area contributed by atoms with Crippen LogP contribution in [0.2, 0.25) is 5.02 Å². The van der Waals surface area contributed by atoms with E-state index >= 15 is 0 Å². The van der Waals surface area contributed by atoms with Crippen molar-refractivity contribution < 1.29 is 29.0 Å². The lowest BCUT2D eigenvalue weighted by molar-refractivity contribution is -0.136. The van der Waals surface area contributed by atoms with Gasteiger partial charge in [0, 0.05) is 10.8 Å². The molecule has 0 aromatic heterocycles. The lowest BCUT2D eigenvalue weighted by Gasteiger charge is -2.17. The van der Waals surface area contributed by atoms with Crippen LogP contribution in [0.4, 0.5) is 5.69 Å². The summed E-state index contributed by atoms with van der Waals surface area (Å²) in [5, 5.41) is 10.5. The van der Waals surface area contributed by atoms with Gasteiger partial charge >= 0.3 is 5.97 Å². The van der Waals surface area contributed by atoms with E-state index in [2.05, 4.69) is 0 Å². The van der Waals surface area contributed by atoms with Crippen LogP contribution in [0.5, 0.6) is 11.5 Å². The Morgan fingerprint density at radius 2 is 1.43 bits per heavy atom. The van der Waals surface area contributed by atoms with E-state index in [1.807, 2.05) is 54.6 Å². The first-order valence-electron chi connectivity index (χ1n) is 11.7. The number of aliphatic carboxylic acids is 1. The first-order chi connectivity index (χ1) is 17.9. The summed E-state index contributed by atoms with van der Waals surface area (Å²) in [5.74, 6) is -1.61. The minimum atomic E-state index is -1.02. The molecule has 0 spiro atoms. The number of imide groups is 1. The topological polar surface area (TPSA) is 93.1 Å². The molecule has 1 aliphatic heterocycles. The molecule has 0 aliphatic carbocycles. The summed E-state index contributed by atoms with van der Waals surface area (Å²) < 4.78 is 12.1. The van der Waals surface area contributed by atoms with E-state index in [1.165, 1.54) is 18.2 Å². The predicted molar refractivity (Wildman–Crippen MR) is 140 cm³/mol. The number of nitrogens with zero attached hydrogens (tertiary/aromatic N) is 1. The highest BCUT2D eigenvalue weighted by molar-refractivity contribution is 6.41. The van der Waals surface area contributed by atoms with Crippen LogP contribution in [-0.4, -0.2) is 29.5 Å². The molecule has 4 aromatic carbocycles. The summed E-state index contributed by atoms with van der Waals surface area (Å²) in [6, 6.07) is 21.3. The van der Waals surface area contributed by atoms with Crippen LogP contribution in [-0.2, 0) is 17.8 Å². The zero-order valence-electron chi connectivity index (χ0n) is 19.9. The fourth-order valence-electron chi connectivity index (χ4n) is 4.51. The molecule has 0 saturated heterocycles. The number of ether oxygens (including phenoxy) is 2. The van der Waals surface area contributed by atoms with Gasteiger partial charge in [0.1, 0.15) is 18.1 Å². The molecule has 4 aromatic rings. The summed E-state index contributed by atoms with van der Waals surface area (Å²) in [6.45, 7) is 2.28. The zero-order chi connectivity index (χ0) is 26.1. The van der Waals surface area contributed by atoms with Gasteiger partial charge in [0.15, 0.2) is 0 Å². The van der Waals surface area contributed by atoms with Gasteiger partial charge < -0.3 is 14.6 Å². The Morgan fingerprint density at radius 1 is 0.838 bits per heavy atom. The summed E-state index contributed by atoms with van der Waals surface area (Å²) in [4.78, 5) is 39.8. The number of carbonyl (C=O) groups excluding carboxylic acids is 2. The minimum Gasteiger partial charge on any atom is -0.492 e. The van der Waals surface area contributed by atoms with Gasteiger partial charge in [0.05, 0.1) is 34.9 Å². The number of carboxylic acids is 1. The van der Waals surface area contributed by atoms with Crippen molar-refractivity contribution >= 4 is 45.8 Å². The summed E-state index contributed by atoms with van der Waals surface area (Å²) >= 11 is 6.45. The second-order valence-electron chi connectivity index (χ2n) is 8.46. The van der Waals surface area contributed by atoms with E-state index in [-0.39, 0.29) is 47.2 Å².